The van der Waals surface area contributed by atoms with Gasteiger partial charge in [0.1, 0.15) is 0 Å². The molecule has 28 heavy (non-hydrogen) atoms. The topological polar surface area (TPSA) is 71.5 Å². The average Bonchev–Trinajstić information content (AvgIpc) is 2.95. The van der Waals surface area contributed by atoms with Crippen LogP contribution in [-0.4, -0.2) is 38.5 Å². The van der Waals surface area contributed by atoms with Gasteiger partial charge in [-0.15, -0.1) is 0 Å². The van der Waals surface area contributed by atoms with Gasteiger partial charge in [-0.25, -0.2) is 16.8 Å². The molecule has 2 aliphatic rings. The fraction of sp³-hybridized carbons (Fsp3) is 0.400. The highest BCUT2D eigenvalue weighted by Crippen LogP contribution is 2.43. The van der Waals surface area contributed by atoms with Gasteiger partial charge >= 0.3 is 0 Å². The summed E-state index contributed by atoms with van der Waals surface area (Å²) in [6.07, 6.45) is 2.02. The van der Waals surface area contributed by atoms with Crippen molar-refractivity contribution < 1.29 is 16.8 Å². The van der Waals surface area contributed by atoms with Crippen LogP contribution in [0.4, 0.5) is 0 Å². The van der Waals surface area contributed by atoms with Gasteiger partial charge in [-0.05, 0) is 62.4 Å². The summed E-state index contributed by atoms with van der Waals surface area (Å²) < 4.78 is 54.4. The van der Waals surface area contributed by atoms with E-state index in [0.29, 0.717) is 41.2 Å². The van der Waals surface area contributed by atoms with E-state index in [4.69, 9.17) is 11.6 Å². The van der Waals surface area contributed by atoms with E-state index < -0.39 is 25.1 Å². The Morgan fingerprint density at radius 2 is 1.54 bits per heavy atom. The number of piperidine rings is 1. The molecule has 150 valence electrons. The molecule has 0 aromatic heterocycles. The maximum absolute atomic E-state index is 13.4. The summed E-state index contributed by atoms with van der Waals surface area (Å²) in [6.45, 7) is 1.75. The van der Waals surface area contributed by atoms with Gasteiger partial charge < -0.3 is 0 Å². The molecule has 0 radical (unpaired) electrons. The molecule has 0 saturated carbocycles. The summed E-state index contributed by atoms with van der Waals surface area (Å²) in [5.41, 5.74) is 0.642. The zero-order chi connectivity index (χ0) is 20.1. The fourth-order valence-electron chi connectivity index (χ4n) is 4.50. The molecule has 0 aliphatic carbocycles. The number of rotatable bonds is 4. The van der Waals surface area contributed by atoms with Crippen molar-refractivity contribution >= 4 is 31.5 Å². The van der Waals surface area contributed by atoms with Crippen LogP contribution in [0.2, 0.25) is 5.02 Å². The molecule has 2 saturated heterocycles. The molecule has 2 bridgehead atoms. The van der Waals surface area contributed by atoms with Crippen molar-refractivity contribution in [3.63, 3.8) is 0 Å². The molecule has 0 N–H and O–H groups in total. The lowest BCUT2D eigenvalue weighted by atomic mass is 10.1. The molecule has 2 aromatic carbocycles. The molecule has 5 nitrogen and oxygen atoms in total. The standard InChI is InChI=1S/C20H22ClNO4S2/c1-14-7-8-15(21)11-20(14)28(25,26)22-16-9-10-17(22)13-19(12-16)27(23,24)18-5-3-2-4-6-18/h2-8,11,16-17,19H,9-10,12-13H2,1H3/t16-,17-/m1/s1. The van der Waals surface area contributed by atoms with Gasteiger partial charge in [-0.1, -0.05) is 35.9 Å². The predicted molar refractivity (Wildman–Crippen MR) is 109 cm³/mol. The molecule has 2 heterocycles. The van der Waals surface area contributed by atoms with Crippen LogP contribution in [-0.2, 0) is 19.9 Å². The normalized spacial score (nSPS) is 25.7. The third-order valence-electron chi connectivity index (χ3n) is 5.84. The van der Waals surface area contributed by atoms with Crippen LogP contribution in [0, 0.1) is 6.92 Å². The van der Waals surface area contributed by atoms with Gasteiger partial charge in [0.15, 0.2) is 9.84 Å². The van der Waals surface area contributed by atoms with Crippen molar-refractivity contribution in [2.45, 2.75) is 59.7 Å². The van der Waals surface area contributed by atoms with Crippen LogP contribution in [0.5, 0.6) is 0 Å². The van der Waals surface area contributed by atoms with Crippen molar-refractivity contribution in [3.8, 4) is 0 Å². The average molecular weight is 440 g/mol. The second-order valence-corrected chi connectivity index (χ2v) is 12.1. The molecular formula is C20H22ClNO4S2. The van der Waals surface area contributed by atoms with Crippen molar-refractivity contribution in [1.29, 1.82) is 0 Å². The summed E-state index contributed by atoms with van der Waals surface area (Å²) in [6, 6.07) is 12.7. The van der Waals surface area contributed by atoms with E-state index in [1.165, 1.54) is 6.07 Å². The summed E-state index contributed by atoms with van der Waals surface area (Å²) in [5, 5.41) is -0.183. The number of hydrogen-bond donors (Lipinski definition) is 0. The molecule has 0 amide bonds. The first kappa shape index (κ1) is 19.9. The number of fused-ring (bicyclic) bond motifs is 2. The Labute approximate surface area is 171 Å². The monoisotopic (exact) mass is 439 g/mol. The molecule has 0 unspecified atom stereocenters. The second-order valence-electron chi connectivity index (χ2n) is 7.58. The van der Waals surface area contributed by atoms with Gasteiger partial charge in [0.05, 0.1) is 15.0 Å². The van der Waals surface area contributed by atoms with Crippen LogP contribution < -0.4 is 0 Å². The minimum atomic E-state index is -3.73. The molecule has 2 aromatic rings. The molecule has 8 heteroatoms. The van der Waals surface area contributed by atoms with E-state index in [-0.39, 0.29) is 17.0 Å². The van der Waals surface area contributed by atoms with E-state index in [1.807, 2.05) is 0 Å². The summed E-state index contributed by atoms with van der Waals surface area (Å²) in [4.78, 5) is 0.516. The summed E-state index contributed by atoms with van der Waals surface area (Å²) in [7, 11) is -7.21. The third kappa shape index (κ3) is 3.28. The first-order valence-corrected chi connectivity index (χ1v) is 12.7. The van der Waals surface area contributed by atoms with E-state index in [1.54, 1.807) is 53.7 Å². The van der Waals surface area contributed by atoms with Gasteiger partial charge in [0.25, 0.3) is 0 Å². The number of aryl methyl sites for hydroxylation is 1. The molecule has 2 atom stereocenters. The first-order valence-electron chi connectivity index (χ1n) is 9.30. The van der Waals surface area contributed by atoms with Gasteiger partial charge in [0.2, 0.25) is 10.0 Å². The minimum absolute atomic E-state index is 0.210. The smallest absolute Gasteiger partial charge is 0.223 e. The lowest BCUT2D eigenvalue weighted by Gasteiger charge is -2.37. The maximum Gasteiger partial charge on any atom is 0.243 e. The largest absolute Gasteiger partial charge is 0.243 e. The van der Waals surface area contributed by atoms with Crippen molar-refractivity contribution in [3.05, 3.63) is 59.1 Å². The van der Waals surface area contributed by atoms with Crippen molar-refractivity contribution in [2.75, 3.05) is 0 Å². The highest BCUT2D eigenvalue weighted by molar-refractivity contribution is 7.92. The van der Waals surface area contributed by atoms with Gasteiger partial charge in [0, 0.05) is 17.1 Å². The van der Waals surface area contributed by atoms with Crippen molar-refractivity contribution in [2.24, 2.45) is 0 Å². The van der Waals surface area contributed by atoms with Crippen LogP contribution in [0.1, 0.15) is 31.2 Å². The Hall–Kier alpha value is -1.41. The van der Waals surface area contributed by atoms with Crippen LogP contribution >= 0.6 is 11.6 Å². The van der Waals surface area contributed by atoms with Crippen LogP contribution in [0.15, 0.2) is 58.3 Å². The Morgan fingerprint density at radius 3 is 2.14 bits per heavy atom. The van der Waals surface area contributed by atoms with Crippen LogP contribution in [0.3, 0.4) is 0 Å². The summed E-state index contributed by atoms with van der Waals surface area (Å²) in [5.74, 6) is 0. The first-order chi connectivity index (χ1) is 13.2. The SMILES string of the molecule is Cc1ccc(Cl)cc1S(=O)(=O)N1[C@@H]2CC[C@@H]1CC(S(=O)(=O)c1ccccc1)C2. The highest BCUT2D eigenvalue weighted by atomic mass is 35.5. The Kier molecular flexibility index (Phi) is 5.06. The number of benzene rings is 2. The molecular weight excluding hydrogens is 418 g/mol. The Bertz CT molecular complexity index is 1090. The van der Waals surface area contributed by atoms with E-state index in [2.05, 4.69) is 0 Å². The fourth-order valence-corrected chi connectivity index (χ4v) is 8.75. The van der Waals surface area contributed by atoms with E-state index >= 15 is 0 Å². The number of hydrogen-bond acceptors (Lipinski definition) is 4. The predicted octanol–water partition coefficient (Wildman–Crippen LogP) is 3.81. The molecule has 0 spiro atoms. The third-order valence-corrected chi connectivity index (χ3v) is 10.4. The quantitative estimate of drug-likeness (QED) is 0.726. The maximum atomic E-state index is 13.4. The van der Waals surface area contributed by atoms with Gasteiger partial charge in [-0.3, -0.25) is 0 Å². The zero-order valence-electron chi connectivity index (χ0n) is 15.5. The Morgan fingerprint density at radius 1 is 0.929 bits per heavy atom. The molecule has 2 fully saturated rings. The zero-order valence-corrected chi connectivity index (χ0v) is 17.8. The van der Waals surface area contributed by atoms with Gasteiger partial charge in [-0.2, -0.15) is 4.31 Å². The second kappa shape index (κ2) is 7.13. The number of halogens is 1. The summed E-state index contributed by atoms with van der Waals surface area (Å²) >= 11 is 6.04. The highest BCUT2D eigenvalue weighted by Gasteiger charge is 2.50. The molecule has 4 rings (SSSR count). The number of nitrogens with zero attached hydrogens (tertiary/aromatic N) is 1. The number of sulfone groups is 1. The number of sulfonamides is 1. The minimum Gasteiger partial charge on any atom is -0.223 e. The molecule has 2 aliphatic heterocycles. The van der Waals surface area contributed by atoms with E-state index in [9.17, 15) is 16.8 Å². The Balaban J connectivity index is 1.66. The lowest BCUT2D eigenvalue weighted by molar-refractivity contribution is 0.249. The van der Waals surface area contributed by atoms with Crippen LogP contribution in [0.25, 0.3) is 0 Å². The van der Waals surface area contributed by atoms with E-state index in [0.717, 1.165) is 0 Å². The van der Waals surface area contributed by atoms with Crippen molar-refractivity contribution in [1.82, 2.24) is 4.31 Å². The lowest BCUT2D eigenvalue weighted by Crippen LogP contribution is -2.49.